The molecule has 3 atom stereocenters. The Kier molecular flexibility index (Phi) is 4.81. The normalized spacial score (nSPS) is 35.1. The highest BCUT2D eigenvalue weighted by atomic mass is 16.5. The molecule has 5 nitrogen and oxygen atoms in total. The van der Waals surface area contributed by atoms with Crippen molar-refractivity contribution < 1.29 is 14.6 Å². The van der Waals surface area contributed by atoms with Gasteiger partial charge >= 0.3 is 5.97 Å². The molecule has 0 aromatic carbocycles. The van der Waals surface area contributed by atoms with Gasteiger partial charge in [0.15, 0.2) is 0 Å². The van der Waals surface area contributed by atoms with E-state index in [1.54, 1.807) is 0 Å². The van der Waals surface area contributed by atoms with Crippen molar-refractivity contribution in [1.29, 1.82) is 0 Å². The molecule has 2 rings (SSSR count). The summed E-state index contributed by atoms with van der Waals surface area (Å²) in [4.78, 5) is 13.8. The topological polar surface area (TPSA) is 61.8 Å². The van der Waals surface area contributed by atoms with Crippen LogP contribution in [0.25, 0.3) is 0 Å². The predicted octanol–water partition coefficient (Wildman–Crippen LogP) is 1.08. The highest BCUT2D eigenvalue weighted by Gasteiger charge is 2.46. The Bertz CT molecular complexity index is 318. The first-order chi connectivity index (χ1) is 9.07. The number of likely N-dealkylation sites (N-methyl/N-ethyl adjacent to an activating group) is 2. The van der Waals surface area contributed by atoms with Crippen LogP contribution in [0.5, 0.6) is 0 Å². The molecular formula is C14H26N2O3. The Balaban J connectivity index is 1.90. The van der Waals surface area contributed by atoms with Gasteiger partial charge in [-0.3, -0.25) is 4.79 Å². The second kappa shape index (κ2) is 6.20. The number of carboxylic acids is 1. The lowest BCUT2D eigenvalue weighted by Crippen LogP contribution is -2.51. The summed E-state index contributed by atoms with van der Waals surface area (Å²) in [7, 11) is 2.09. The van der Waals surface area contributed by atoms with Crippen LogP contribution in [-0.2, 0) is 9.53 Å². The number of carbonyl (C=O) groups is 1. The van der Waals surface area contributed by atoms with Crippen LogP contribution < -0.4 is 5.32 Å². The van der Waals surface area contributed by atoms with Gasteiger partial charge in [-0.25, -0.2) is 0 Å². The molecule has 0 radical (unpaired) electrons. The third-order valence-electron chi connectivity index (χ3n) is 4.55. The molecule has 0 bridgehead atoms. The number of rotatable bonds is 6. The van der Waals surface area contributed by atoms with Crippen molar-refractivity contribution in [2.24, 2.45) is 0 Å². The molecule has 1 heterocycles. The summed E-state index contributed by atoms with van der Waals surface area (Å²) < 4.78 is 5.66. The number of aliphatic carboxylic acids is 1. The van der Waals surface area contributed by atoms with E-state index in [9.17, 15) is 9.90 Å². The van der Waals surface area contributed by atoms with E-state index in [1.807, 2.05) is 6.92 Å². The van der Waals surface area contributed by atoms with Gasteiger partial charge in [0.25, 0.3) is 0 Å². The standard InChI is InChI=1S/C14H26N2O3/c1-3-15-14(13(17)18)7-6-11(9-14)16(2)10-12-5-4-8-19-12/h11-12,15H,3-10H2,1-2H3,(H,17,18). The van der Waals surface area contributed by atoms with Crippen LogP contribution in [-0.4, -0.2) is 60.4 Å². The van der Waals surface area contributed by atoms with Crippen molar-refractivity contribution in [1.82, 2.24) is 10.2 Å². The van der Waals surface area contributed by atoms with Gasteiger partial charge in [-0.1, -0.05) is 6.92 Å². The minimum Gasteiger partial charge on any atom is -0.480 e. The lowest BCUT2D eigenvalue weighted by molar-refractivity contribution is -0.144. The third-order valence-corrected chi connectivity index (χ3v) is 4.55. The first-order valence-corrected chi connectivity index (χ1v) is 7.37. The maximum atomic E-state index is 11.5. The molecule has 19 heavy (non-hydrogen) atoms. The Morgan fingerprint density at radius 1 is 1.53 bits per heavy atom. The summed E-state index contributed by atoms with van der Waals surface area (Å²) in [5.74, 6) is -0.706. The van der Waals surface area contributed by atoms with Gasteiger partial charge < -0.3 is 20.1 Å². The Morgan fingerprint density at radius 2 is 2.32 bits per heavy atom. The molecule has 2 aliphatic rings. The molecule has 3 unspecified atom stereocenters. The second-order valence-corrected chi connectivity index (χ2v) is 5.89. The van der Waals surface area contributed by atoms with E-state index >= 15 is 0 Å². The summed E-state index contributed by atoms with van der Waals surface area (Å²) in [5, 5.41) is 12.7. The quantitative estimate of drug-likeness (QED) is 0.756. The number of ether oxygens (including phenoxy) is 1. The van der Waals surface area contributed by atoms with E-state index < -0.39 is 11.5 Å². The zero-order valence-electron chi connectivity index (χ0n) is 12.0. The fourth-order valence-corrected chi connectivity index (χ4v) is 3.42. The van der Waals surface area contributed by atoms with E-state index in [4.69, 9.17) is 4.74 Å². The van der Waals surface area contributed by atoms with Crippen LogP contribution in [0.15, 0.2) is 0 Å². The van der Waals surface area contributed by atoms with Crippen molar-refractivity contribution in [2.75, 3.05) is 26.7 Å². The lowest BCUT2D eigenvalue weighted by Gasteiger charge is -2.29. The van der Waals surface area contributed by atoms with E-state index in [-0.39, 0.29) is 0 Å². The summed E-state index contributed by atoms with van der Waals surface area (Å²) >= 11 is 0. The van der Waals surface area contributed by atoms with Gasteiger partial charge in [0.1, 0.15) is 5.54 Å². The molecule has 1 saturated carbocycles. The molecule has 0 amide bonds. The summed E-state index contributed by atoms with van der Waals surface area (Å²) in [6.07, 6.45) is 4.98. The van der Waals surface area contributed by atoms with Crippen LogP contribution >= 0.6 is 0 Å². The molecule has 1 aliphatic carbocycles. The number of hydrogen-bond acceptors (Lipinski definition) is 4. The van der Waals surface area contributed by atoms with Crippen LogP contribution in [0.3, 0.4) is 0 Å². The highest BCUT2D eigenvalue weighted by Crippen LogP contribution is 2.33. The smallest absolute Gasteiger partial charge is 0.323 e. The Hall–Kier alpha value is -0.650. The minimum atomic E-state index is -0.718. The molecule has 1 aliphatic heterocycles. The SMILES string of the molecule is CCNC1(C(=O)O)CCC(N(C)CC2CCCO2)C1. The average Bonchev–Trinajstić information content (AvgIpc) is 2.99. The van der Waals surface area contributed by atoms with Crippen molar-refractivity contribution >= 4 is 5.97 Å². The largest absolute Gasteiger partial charge is 0.480 e. The number of hydrogen-bond donors (Lipinski definition) is 2. The van der Waals surface area contributed by atoms with Crippen molar-refractivity contribution in [3.63, 3.8) is 0 Å². The molecule has 0 aromatic heterocycles. The van der Waals surface area contributed by atoms with Crippen molar-refractivity contribution in [2.45, 2.75) is 56.7 Å². The Morgan fingerprint density at radius 3 is 2.89 bits per heavy atom. The average molecular weight is 270 g/mol. The fourth-order valence-electron chi connectivity index (χ4n) is 3.42. The first-order valence-electron chi connectivity index (χ1n) is 7.37. The second-order valence-electron chi connectivity index (χ2n) is 5.89. The maximum absolute atomic E-state index is 11.5. The van der Waals surface area contributed by atoms with E-state index in [1.165, 1.54) is 0 Å². The van der Waals surface area contributed by atoms with Gasteiger partial charge in [0, 0.05) is 19.2 Å². The zero-order valence-corrected chi connectivity index (χ0v) is 12.0. The zero-order chi connectivity index (χ0) is 13.9. The van der Waals surface area contributed by atoms with E-state index in [2.05, 4.69) is 17.3 Å². The first kappa shape index (κ1) is 14.8. The summed E-state index contributed by atoms with van der Waals surface area (Å²) in [6, 6.07) is 0.347. The minimum absolute atomic E-state index is 0.337. The summed E-state index contributed by atoms with van der Waals surface area (Å²) in [6.45, 7) is 4.47. The molecule has 2 fully saturated rings. The van der Waals surface area contributed by atoms with Crippen LogP contribution in [0.1, 0.15) is 39.0 Å². The molecule has 1 saturated heterocycles. The van der Waals surface area contributed by atoms with Crippen LogP contribution in [0, 0.1) is 0 Å². The molecule has 2 N–H and O–H groups in total. The molecule has 0 aromatic rings. The third kappa shape index (κ3) is 3.27. The van der Waals surface area contributed by atoms with Gasteiger partial charge in [-0.2, -0.15) is 0 Å². The maximum Gasteiger partial charge on any atom is 0.323 e. The monoisotopic (exact) mass is 270 g/mol. The molecule has 0 spiro atoms. The van der Waals surface area contributed by atoms with Crippen molar-refractivity contribution in [3.05, 3.63) is 0 Å². The lowest BCUT2D eigenvalue weighted by atomic mass is 9.97. The van der Waals surface area contributed by atoms with Crippen LogP contribution in [0.4, 0.5) is 0 Å². The van der Waals surface area contributed by atoms with Crippen LogP contribution in [0.2, 0.25) is 0 Å². The van der Waals surface area contributed by atoms with Gasteiger partial charge in [0.05, 0.1) is 6.10 Å². The number of carboxylic acid groups (broad SMARTS) is 1. The number of nitrogens with one attached hydrogen (secondary N) is 1. The van der Waals surface area contributed by atoms with Gasteiger partial charge in [-0.05, 0) is 45.7 Å². The van der Waals surface area contributed by atoms with Gasteiger partial charge in [-0.15, -0.1) is 0 Å². The molecular weight excluding hydrogens is 244 g/mol. The summed E-state index contributed by atoms with van der Waals surface area (Å²) in [5.41, 5.74) is -0.718. The molecule has 5 heteroatoms. The van der Waals surface area contributed by atoms with Gasteiger partial charge in [0.2, 0.25) is 0 Å². The van der Waals surface area contributed by atoms with Crippen molar-refractivity contribution in [3.8, 4) is 0 Å². The fraction of sp³-hybridized carbons (Fsp3) is 0.929. The molecule has 110 valence electrons. The van der Waals surface area contributed by atoms with E-state index in [0.717, 1.165) is 38.8 Å². The van der Waals surface area contributed by atoms with E-state index in [0.29, 0.717) is 25.1 Å². The predicted molar refractivity (Wildman–Crippen MR) is 73.3 cm³/mol. The Labute approximate surface area is 115 Å². The highest BCUT2D eigenvalue weighted by molar-refractivity contribution is 5.79. The number of nitrogens with zero attached hydrogens (tertiary/aromatic N) is 1.